The van der Waals surface area contributed by atoms with Crippen LogP contribution in [-0.4, -0.2) is 32.2 Å². The number of amides is 1. The molecule has 0 radical (unpaired) electrons. The zero-order chi connectivity index (χ0) is 18.2. The topological polar surface area (TPSA) is 64.6 Å². The van der Waals surface area contributed by atoms with E-state index in [9.17, 15) is 9.59 Å². The second-order valence-corrected chi connectivity index (χ2v) is 6.15. The number of thioether (sulfide) groups is 1. The summed E-state index contributed by atoms with van der Waals surface area (Å²) in [6.07, 6.45) is 2.23. The quantitative estimate of drug-likeness (QED) is 0.569. The number of carbonyl (C=O) groups is 2. The minimum atomic E-state index is -0.249. The molecule has 0 spiro atoms. The molecule has 0 aliphatic carbocycles. The molecule has 0 fully saturated rings. The van der Waals surface area contributed by atoms with E-state index in [0.29, 0.717) is 22.7 Å². The molecule has 0 atom stereocenters. The number of methoxy groups -OCH3 is 2. The smallest absolute Gasteiger partial charge is 0.224 e. The first kappa shape index (κ1) is 18.9. The van der Waals surface area contributed by atoms with Crippen molar-refractivity contribution in [2.45, 2.75) is 17.7 Å². The van der Waals surface area contributed by atoms with Crippen LogP contribution in [0.1, 0.15) is 23.2 Å². The molecule has 2 rings (SSSR count). The van der Waals surface area contributed by atoms with Crippen LogP contribution in [0.25, 0.3) is 0 Å². The highest BCUT2D eigenvalue weighted by molar-refractivity contribution is 7.98. The van der Waals surface area contributed by atoms with E-state index in [1.807, 2.05) is 18.4 Å². The molecular weight excluding hydrogens is 338 g/mol. The number of Topliss-reactive ketones (excluding diaryl/α,β-unsaturated/α-hetero) is 1. The third-order valence-electron chi connectivity index (χ3n) is 3.67. The summed E-state index contributed by atoms with van der Waals surface area (Å²) in [7, 11) is 3.08. The highest BCUT2D eigenvalue weighted by atomic mass is 32.2. The van der Waals surface area contributed by atoms with Gasteiger partial charge in [0.05, 0.1) is 19.9 Å². The van der Waals surface area contributed by atoms with Crippen molar-refractivity contribution < 1.29 is 19.1 Å². The van der Waals surface area contributed by atoms with Gasteiger partial charge < -0.3 is 14.8 Å². The van der Waals surface area contributed by atoms with Gasteiger partial charge in [0, 0.05) is 29.4 Å². The van der Waals surface area contributed by atoms with Crippen LogP contribution in [0.5, 0.6) is 11.5 Å². The van der Waals surface area contributed by atoms with Gasteiger partial charge in [-0.1, -0.05) is 12.1 Å². The minimum absolute atomic E-state index is 0.0552. The first-order valence-corrected chi connectivity index (χ1v) is 8.99. The molecule has 132 valence electrons. The van der Waals surface area contributed by atoms with Crippen molar-refractivity contribution in [3.05, 3.63) is 48.0 Å². The number of hydrogen-bond donors (Lipinski definition) is 1. The van der Waals surface area contributed by atoms with Gasteiger partial charge in [0.25, 0.3) is 0 Å². The Labute approximate surface area is 151 Å². The molecule has 0 aromatic heterocycles. The molecule has 0 saturated heterocycles. The molecule has 0 aliphatic rings. The van der Waals surface area contributed by atoms with Crippen LogP contribution >= 0.6 is 11.8 Å². The first-order chi connectivity index (χ1) is 12.1. The Morgan fingerprint density at radius 2 is 1.72 bits per heavy atom. The Kier molecular flexibility index (Phi) is 6.89. The fourth-order valence-corrected chi connectivity index (χ4v) is 2.68. The zero-order valence-corrected chi connectivity index (χ0v) is 15.3. The van der Waals surface area contributed by atoms with Crippen molar-refractivity contribution in [1.29, 1.82) is 0 Å². The van der Waals surface area contributed by atoms with E-state index in [1.165, 1.54) is 7.11 Å². The Bertz CT molecular complexity index is 744. The number of nitrogens with one attached hydrogen (secondary N) is 1. The van der Waals surface area contributed by atoms with Crippen molar-refractivity contribution in [1.82, 2.24) is 0 Å². The predicted octanol–water partition coefficient (Wildman–Crippen LogP) is 4.03. The molecule has 25 heavy (non-hydrogen) atoms. The number of rotatable bonds is 8. The average Bonchev–Trinajstić information content (AvgIpc) is 2.66. The van der Waals surface area contributed by atoms with E-state index in [4.69, 9.17) is 9.47 Å². The normalized spacial score (nSPS) is 10.2. The first-order valence-electron chi connectivity index (χ1n) is 7.76. The van der Waals surface area contributed by atoms with E-state index in [1.54, 1.807) is 49.2 Å². The minimum Gasteiger partial charge on any atom is -0.497 e. The van der Waals surface area contributed by atoms with Gasteiger partial charge >= 0.3 is 0 Å². The van der Waals surface area contributed by atoms with Gasteiger partial charge in [0.1, 0.15) is 11.5 Å². The summed E-state index contributed by atoms with van der Waals surface area (Å²) in [5.41, 5.74) is 1.13. The maximum Gasteiger partial charge on any atom is 0.224 e. The molecule has 0 unspecified atom stereocenters. The van der Waals surface area contributed by atoms with Crippen LogP contribution in [0.4, 0.5) is 5.69 Å². The zero-order valence-electron chi connectivity index (χ0n) is 14.5. The summed E-state index contributed by atoms with van der Waals surface area (Å²) in [6.45, 7) is 0. The van der Waals surface area contributed by atoms with Gasteiger partial charge in [-0.25, -0.2) is 0 Å². The van der Waals surface area contributed by atoms with Crippen LogP contribution in [0.3, 0.4) is 0 Å². The Morgan fingerprint density at radius 3 is 2.32 bits per heavy atom. The molecular formula is C19H21NO4S. The van der Waals surface area contributed by atoms with Crippen molar-refractivity contribution >= 4 is 29.1 Å². The third-order valence-corrected chi connectivity index (χ3v) is 4.42. The van der Waals surface area contributed by atoms with E-state index in [-0.39, 0.29) is 24.5 Å². The summed E-state index contributed by atoms with van der Waals surface area (Å²) >= 11 is 1.62. The SMILES string of the molecule is COc1ccc(OC)c(NC(=O)CCC(=O)c2ccc(SC)cc2)c1. The Morgan fingerprint density at radius 1 is 1.00 bits per heavy atom. The number of benzene rings is 2. The molecule has 0 bridgehead atoms. The van der Waals surface area contributed by atoms with E-state index < -0.39 is 0 Å². The van der Waals surface area contributed by atoms with Gasteiger partial charge in [-0.15, -0.1) is 11.8 Å². The van der Waals surface area contributed by atoms with Crippen LogP contribution in [0.15, 0.2) is 47.4 Å². The van der Waals surface area contributed by atoms with Crippen molar-refractivity contribution in [2.24, 2.45) is 0 Å². The second-order valence-electron chi connectivity index (χ2n) is 5.27. The lowest BCUT2D eigenvalue weighted by molar-refractivity contribution is -0.116. The molecule has 0 saturated carbocycles. The second kappa shape index (κ2) is 9.13. The van der Waals surface area contributed by atoms with E-state index in [2.05, 4.69) is 5.32 Å². The van der Waals surface area contributed by atoms with Crippen LogP contribution in [-0.2, 0) is 4.79 Å². The fourth-order valence-electron chi connectivity index (χ4n) is 2.27. The van der Waals surface area contributed by atoms with Crippen molar-refractivity contribution in [2.75, 3.05) is 25.8 Å². The van der Waals surface area contributed by atoms with E-state index >= 15 is 0 Å². The lowest BCUT2D eigenvalue weighted by Gasteiger charge is -2.11. The largest absolute Gasteiger partial charge is 0.497 e. The molecule has 2 aromatic carbocycles. The molecule has 2 aromatic rings. The standard InChI is InChI=1S/C19H21NO4S/c1-23-14-6-10-18(24-2)16(12-14)20-19(22)11-9-17(21)13-4-7-15(25-3)8-5-13/h4-8,10,12H,9,11H2,1-3H3,(H,20,22). The van der Waals surface area contributed by atoms with Crippen LogP contribution < -0.4 is 14.8 Å². The van der Waals surface area contributed by atoms with Gasteiger partial charge in [-0.2, -0.15) is 0 Å². The summed E-state index contributed by atoms with van der Waals surface area (Å²) in [6, 6.07) is 12.5. The highest BCUT2D eigenvalue weighted by Gasteiger charge is 2.12. The Hall–Kier alpha value is -2.47. The molecule has 6 heteroatoms. The van der Waals surface area contributed by atoms with Crippen molar-refractivity contribution in [3.63, 3.8) is 0 Å². The molecule has 1 amide bonds. The average molecular weight is 359 g/mol. The summed E-state index contributed by atoms with van der Waals surface area (Å²) in [4.78, 5) is 25.4. The van der Waals surface area contributed by atoms with Gasteiger partial charge in [0.2, 0.25) is 5.91 Å². The highest BCUT2D eigenvalue weighted by Crippen LogP contribution is 2.29. The maximum atomic E-state index is 12.2. The monoisotopic (exact) mass is 359 g/mol. The number of ether oxygens (including phenoxy) is 2. The van der Waals surface area contributed by atoms with Gasteiger partial charge in [-0.05, 0) is 30.5 Å². The lowest BCUT2D eigenvalue weighted by Crippen LogP contribution is -2.14. The molecule has 1 N–H and O–H groups in total. The summed E-state index contributed by atoms with van der Waals surface area (Å²) in [5, 5.41) is 2.76. The molecule has 0 heterocycles. The number of hydrogen-bond acceptors (Lipinski definition) is 5. The lowest BCUT2D eigenvalue weighted by atomic mass is 10.1. The van der Waals surface area contributed by atoms with Crippen molar-refractivity contribution in [3.8, 4) is 11.5 Å². The molecule has 5 nitrogen and oxygen atoms in total. The van der Waals surface area contributed by atoms with Gasteiger partial charge in [0.15, 0.2) is 5.78 Å². The Balaban J connectivity index is 1.95. The summed E-state index contributed by atoms with van der Waals surface area (Å²) < 4.78 is 10.4. The number of anilines is 1. The number of ketones is 1. The van der Waals surface area contributed by atoms with E-state index in [0.717, 1.165) is 4.90 Å². The third kappa shape index (κ3) is 5.26. The molecule has 0 aliphatic heterocycles. The fraction of sp³-hybridized carbons (Fsp3) is 0.263. The van der Waals surface area contributed by atoms with Crippen LogP contribution in [0, 0.1) is 0 Å². The maximum absolute atomic E-state index is 12.2. The predicted molar refractivity (Wildman–Crippen MR) is 100.0 cm³/mol. The van der Waals surface area contributed by atoms with Gasteiger partial charge in [-0.3, -0.25) is 9.59 Å². The van der Waals surface area contributed by atoms with Crippen LogP contribution in [0.2, 0.25) is 0 Å². The summed E-state index contributed by atoms with van der Waals surface area (Å²) in [5.74, 6) is 0.843. The number of carbonyl (C=O) groups excluding carboxylic acids is 2.